The highest BCUT2D eigenvalue weighted by Gasteiger charge is 2.43. The average molecular weight is 510 g/mol. The fraction of sp³-hybridized carbons (Fsp3) is 0.810. The highest BCUT2D eigenvalue weighted by atomic mass is 31.2. The molecule has 5 N–H and O–H groups in total. The third-order valence-electron chi connectivity index (χ3n) is 4.23. The number of rotatable bonds is 17. The summed E-state index contributed by atoms with van der Waals surface area (Å²) >= 11 is 0. The van der Waals surface area contributed by atoms with Gasteiger partial charge in [-0.1, -0.05) is 26.7 Å². The molecule has 2 amide bonds. The molecule has 198 valence electrons. The van der Waals surface area contributed by atoms with Gasteiger partial charge < -0.3 is 35.3 Å². The van der Waals surface area contributed by atoms with Crippen LogP contribution in [0.3, 0.4) is 0 Å². The number of unbranched alkanes of at least 4 members (excludes halogenated alkanes) is 2. The fourth-order valence-corrected chi connectivity index (χ4v) is 4.24. The maximum Gasteiger partial charge on any atom is 0.362 e. The van der Waals surface area contributed by atoms with E-state index in [2.05, 4.69) is 10.6 Å². The van der Waals surface area contributed by atoms with Gasteiger partial charge in [-0.3, -0.25) is 23.7 Å². The molecule has 0 bridgehead atoms. The average Bonchev–Trinajstić information content (AvgIpc) is 2.73. The van der Waals surface area contributed by atoms with E-state index in [1.54, 1.807) is 20.8 Å². The lowest BCUT2D eigenvalue weighted by Gasteiger charge is -2.27. The SMILES string of the molecule is CCCCOP(=O)(OCCCC)C(NC(=O)CC[C@H](N)C(=O)O)C(=O)NCC(=O)OC(C)(C)C. The predicted molar refractivity (Wildman–Crippen MR) is 125 cm³/mol. The Hall–Kier alpha value is -2.01. The third kappa shape index (κ3) is 13.6. The summed E-state index contributed by atoms with van der Waals surface area (Å²) in [6.45, 7) is 8.29. The Morgan fingerprint density at radius 2 is 1.56 bits per heavy atom. The Morgan fingerprint density at radius 3 is 2.00 bits per heavy atom. The number of hydrogen-bond acceptors (Lipinski definition) is 9. The van der Waals surface area contributed by atoms with Gasteiger partial charge in [-0.15, -0.1) is 0 Å². The van der Waals surface area contributed by atoms with Gasteiger partial charge in [-0.05, 0) is 40.0 Å². The molecule has 0 aliphatic rings. The molecule has 0 spiro atoms. The van der Waals surface area contributed by atoms with Crippen LogP contribution in [0.4, 0.5) is 0 Å². The van der Waals surface area contributed by atoms with E-state index in [0.717, 1.165) is 12.8 Å². The standard InChI is InChI=1S/C21H40N3O9P/c1-6-8-12-31-34(30,32-13-9-7-2)19(24-16(25)11-10-15(22)20(28)29)18(27)23-14-17(26)33-21(3,4)5/h15,19H,6-14,22H2,1-5H3,(H,23,27)(H,24,25)(H,28,29)/t15-,19?/m0/s1. The zero-order valence-corrected chi connectivity index (χ0v) is 21.7. The minimum atomic E-state index is -4.21. The Balaban J connectivity index is 5.63. The van der Waals surface area contributed by atoms with Gasteiger partial charge in [0.1, 0.15) is 18.2 Å². The summed E-state index contributed by atoms with van der Waals surface area (Å²) in [6, 6.07) is -1.28. The molecule has 0 aromatic rings. The molecular formula is C21H40N3O9P. The smallest absolute Gasteiger partial charge is 0.362 e. The number of hydrogen-bond donors (Lipinski definition) is 4. The molecule has 0 aliphatic carbocycles. The van der Waals surface area contributed by atoms with E-state index in [4.69, 9.17) is 24.6 Å². The van der Waals surface area contributed by atoms with E-state index in [1.807, 2.05) is 13.8 Å². The lowest BCUT2D eigenvalue weighted by atomic mass is 10.1. The van der Waals surface area contributed by atoms with Crippen molar-refractivity contribution in [1.82, 2.24) is 10.6 Å². The van der Waals surface area contributed by atoms with Crippen LogP contribution in [-0.4, -0.2) is 66.0 Å². The number of aliphatic carboxylic acids is 1. The molecule has 0 aromatic carbocycles. The molecule has 0 aliphatic heterocycles. The minimum Gasteiger partial charge on any atom is -0.480 e. The zero-order chi connectivity index (χ0) is 26.4. The van der Waals surface area contributed by atoms with Crippen molar-refractivity contribution in [3.8, 4) is 0 Å². The summed E-state index contributed by atoms with van der Waals surface area (Å²) in [6.07, 6.45) is 1.98. The van der Waals surface area contributed by atoms with E-state index in [-0.39, 0.29) is 26.1 Å². The van der Waals surface area contributed by atoms with Crippen LogP contribution >= 0.6 is 7.60 Å². The van der Waals surface area contributed by atoms with Crippen LogP contribution < -0.4 is 16.4 Å². The van der Waals surface area contributed by atoms with Crippen LogP contribution in [0.5, 0.6) is 0 Å². The lowest BCUT2D eigenvalue weighted by Crippen LogP contribution is -2.49. The number of carbonyl (C=O) groups is 4. The van der Waals surface area contributed by atoms with Crippen molar-refractivity contribution in [3.63, 3.8) is 0 Å². The lowest BCUT2D eigenvalue weighted by molar-refractivity contribution is -0.154. The summed E-state index contributed by atoms with van der Waals surface area (Å²) in [7, 11) is -4.21. The molecule has 0 saturated heterocycles. The second-order valence-electron chi connectivity index (χ2n) is 8.67. The van der Waals surface area contributed by atoms with E-state index >= 15 is 0 Å². The fourth-order valence-electron chi connectivity index (χ4n) is 2.42. The number of carbonyl (C=O) groups excluding carboxylic acids is 3. The van der Waals surface area contributed by atoms with Gasteiger partial charge in [-0.2, -0.15) is 0 Å². The minimum absolute atomic E-state index is 0.0233. The summed E-state index contributed by atoms with van der Waals surface area (Å²) in [5, 5.41) is 13.5. The van der Waals surface area contributed by atoms with E-state index in [9.17, 15) is 23.7 Å². The van der Waals surface area contributed by atoms with Crippen molar-refractivity contribution in [1.29, 1.82) is 0 Å². The second kappa shape index (κ2) is 15.8. The third-order valence-corrected chi connectivity index (χ3v) is 6.31. The summed E-state index contributed by atoms with van der Waals surface area (Å²) in [5.74, 6) is -5.49. The Labute approximate surface area is 201 Å². The van der Waals surface area contributed by atoms with Crippen molar-refractivity contribution < 1.29 is 42.6 Å². The van der Waals surface area contributed by atoms with Crippen LogP contribution in [-0.2, 0) is 37.5 Å². The first kappa shape index (κ1) is 32.0. The molecule has 1 unspecified atom stereocenters. The summed E-state index contributed by atoms with van der Waals surface area (Å²) < 4.78 is 29.7. The first-order valence-electron chi connectivity index (χ1n) is 11.4. The first-order chi connectivity index (χ1) is 15.8. The van der Waals surface area contributed by atoms with Gasteiger partial charge in [0.15, 0.2) is 0 Å². The van der Waals surface area contributed by atoms with Crippen LogP contribution in [0.15, 0.2) is 0 Å². The normalized spacial score (nSPS) is 13.6. The van der Waals surface area contributed by atoms with Crippen LogP contribution in [0.1, 0.15) is 73.1 Å². The van der Waals surface area contributed by atoms with Gasteiger partial charge in [0.2, 0.25) is 11.7 Å². The largest absolute Gasteiger partial charge is 0.480 e. The Bertz CT molecular complexity index is 711. The molecule has 0 fully saturated rings. The van der Waals surface area contributed by atoms with Crippen molar-refractivity contribution >= 4 is 31.3 Å². The number of esters is 1. The molecule has 34 heavy (non-hydrogen) atoms. The number of ether oxygens (including phenoxy) is 1. The number of amides is 2. The predicted octanol–water partition coefficient (Wildman–Crippen LogP) is 1.91. The van der Waals surface area contributed by atoms with Crippen molar-refractivity contribution in [3.05, 3.63) is 0 Å². The molecule has 2 atom stereocenters. The maximum absolute atomic E-state index is 13.6. The zero-order valence-electron chi connectivity index (χ0n) is 20.8. The molecule has 0 saturated carbocycles. The van der Waals surface area contributed by atoms with Crippen LogP contribution in [0, 0.1) is 0 Å². The molecule has 0 heterocycles. The number of carboxylic acid groups (broad SMARTS) is 1. The van der Waals surface area contributed by atoms with Crippen molar-refractivity contribution in [2.24, 2.45) is 5.73 Å². The van der Waals surface area contributed by atoms with E-state index < -0.39 is 55.3 Å². The molecular weight excluding hydrogens is 469 g/mol. The van der Waals surface area contributed by atoms with Gasteiger partial charge in [0.05, 0.1) is 13.2 Å². The van der Waals surface area contributed by atoms with E-state index in [0.29, 0.717) is 12.8 Å². The van der Waals surface area contributed by atoms with Crippen molar-refractivity contribution in [2.75, 3.05) is 19.8 Å². The maximum atomic E-state index is 13.6. The van der Waals surface area contributed by atoms with Crippen LogP contribution in [0.2, 0.25) is 0 Å². The van der Waals surface area contributed by atoms with E-state index in [1.165, 1.54) is 0 Å². The molecule has 13 heteroatoms. The van der Waals surface area contributed by atoms with Gasteiger partial charge in [-0.25, -0.2) is 0 Å². The van der Waals surface area contributed by atoms with Gasteiger partial charge in [0.25, 0.3) is 5.91 Å². The topological polar surface area (TPSA) is 183 Å². The number of carboxylic acids is 1. The number of nitrogens with two attached hydrogens (primary N) is 1. The molecule has 12 nitrogen and oxygen atoms in total. The van der Waals surface area contributed by atoms with Crippen molar-refractivity contribution in [2.45, 2.75) is 90.6 Å². The van der Waals surface area contributed by atoms with Gasteiger partial charge >= 0.3 is 19.5 Å². The summed E-state index contributed by atoms with van der Waals surface area (Å²) in [4.78, 5) is 48.3. The summed E-state index contributed by atoms with van der Waals surface area (Å²) in [5.41, 5.74) is 4.64. The first-order valence-corrected chi connectivity index (χ1v) is 13.0. The number of nitrogens with one attached hydrogen (secondary N) is 2. The van der Waals surface area contributed by atoms with Crippen LogP contribution in [0.25, 0.3) is 0 Å². The Kier molecular flexibility index (Phi) is 14.9. The monoisotopic (exact) mass is 509 g/mol. The molecule has 0 rings (SSSR count). The highest BCUT2D eigenvalue weighted by Crippen LogP contribution is 2.52. The second-order valence-corrected chi connectivity index (χ2v) is 10.8. The van der Waals surface area contributed by atoms with Gasteiger partial charge in [0, 0.05) is 6.42 Å². The molecule has 0 aromatic heterocycles. The molecule has 0 radical (unpaired) electrons. The highest BCUT2D eigenvalue weighted by molar-refractivity contribution is 7.55. The quantitative estimate of drug-likeness (QED) is 0.128. The Morgan fingerprint density at radius 1 is 1.03 bits per heavy atom.